The Morgan fingerprint density at radius 1 is 1.02 bits per heavy atom. The first kappa shape index (κ1) is 32.7. The summed E-state index contributed by atoms with van der Waals surface area (Å²) in [6.45, 7) is 15.8. The van der Waals surface area contributed by atoms with Crippen molar-refractivity contribution in [3.05, 3.63) is 69.5 Å². The molecule has 0 fully saturated rings. The number of hydrogen-bond donors (Lipinski definition) is 3. The molecule has 0 radical (unpaired) electrons. The number of nitrogens with one attached hydrogen (secondary N) is 1. The van der Waals surface area contributed by atoms with Gasteiger partial charge in [-0.2, -0.15) is 0 Å². The molecule has 1 amide bonds. The largest absolute Gasteiger partial charge is 0.506 e. The SMILES string of the molecule is COc1c(CN(C[C@H](O[Si](C)(C)C(C)(C)C)c2ccc(O)c3[nH]c(=O)ccc23)C(=O)OC(C)(C)C)cccc1C(=O)O. The molecule has 0 aliphatic heterocycles. The molecular formula is C31H42N2O8Si. The molecule has 2 aromatic carbocycles. The van der Waals surface area contributed by atoms with Gasteiger partial charge in [0.2, 0.25) is 5.56 Å². The number of phenols is 1. The first-order chi connectivity index (χ1) is 19.3. The van der Waals surface area contributed by atoms with Gasteiger partial charge in [-0.1, -0.05) is 39.0 Å². The third-order valence-corrected chi connectivity index (χ3v) is 11.9. The van der Waals surface area contributed by atoms with E-state index in [9.17, 15) is 24.6 Å². The molecule has 0 spiro atoms. The first-order valence-corrected chi connectivity index (χ1v) is 16.7. The second-order valence-corrected chi connectivity index (χ2v) is 17.6. The highest BCUT2D eigenvalue weighted by Crippen LogP contribution is 2.42. The lowest BCUT2D eigenvalue weighted by Gasteiger charge is -2.41. The quantitative estimate of drug-likeness (QED) is 0.239. The molecule has 0 aliphatic rings. The lowest BCUT2D eigenvalue weighted by molar-refractivity contribution is 0.0136. The van der Waals surface area contributed by atoms with Crippen LogP contribution in [0.4, 0.5) is 4.79 Å². The topological polar surface area (TPSA) is 138 Å². The minimum Gasteiger partial charge on any atom is -0.506 e. The van der Waals surface area contributed by atoms with Crippen molar-refractivity contribution in [1.82, 2.24) is 9.88 Å². The highest BCUT2D eigenvalue weighted by atomic mass is 28.4. The van der Waals surface area contributed by atoms with E-state index in [1.54, 1.807) is 45.0 Å². The van der Waals surface area contributed by atoms with Gasteiger partial charge in [-0.05, 0) is 62.7 Å². The van der Waals surface area contributed by atoms with Crippen LogP contribution < -0.4 is 10.3 Å². The molecule has 0 bridgehead atoms. The average molecular weight is 599 g/mol. The standard InChI is InChI=1S/C31H42N2O8Si/c1-30(2,3)40-29(38)33(17-19-11-10-12-22(28(36)37)27(19)39-7)18-24(41-42(8,9)31(4,5)6)20-13-15-23(34)26-21(20)14-16-25(35)32-26/h10-16,24,34H,17-18H2,1-9H3,(H,32,35)(H,36,37)/t24-/m0/s1. The molecule has 3 aromatic rings. The number of para-hydroxylation sites is 1. The number of pyridine rings is 1. The fourth-order valence-corrected chi connectivity index (χ4v) is 5.59. The van der Waals surface area contributed by atoms with Crippen LogP contribution in [0.1, 0.15) is 69.1 Å². The summed E-state index contributed by atoms with van der Waals surface area (Å²) < 4.78 is 18.2. The van der Waals surface area contributed by atoms with Crippen molar-refractivity contribution in [3.63, 3.8) is 0 Å². The van der Waals surface area contributed by atoms with E-state index in [1.807, 2.05) is 0 Å². The highest BCUT2D eigenvalue weighted by Gasteiger charge is 2.41. The summed E-state index contributed by atoms with van der Waals surface area (Å²) in [7, 11) is -1.08. The zero-order valence-electron chi connectivity index (χ0n) is 25.8. The monoisotopic (exact) mass is 598 g/mol. The molecule has 0 saturated carbocycles. The minimum atomic E-state index is -2.46. The maximum absolute atomic E-state index is 13.7. The van der Waals surface area contributed by atoms with Crippen LogP contribution in [0.2, 0.25) is 18.1 Å². The molecule has 42 heavy (non-hydrogen) atoms. The van der Waals surface area contributed by atoms with Gasteiger partial charge in [0.25, 0.3) is 0 Å². The summed E-state index contributed by atoms with van der Waals surface area (Å²) in [5.74, 6) is -1.09. The van der Waals surface area contributed by atoms with Gasteiger partial charge in [-0.3, -0.25) is 4.79 Å². The summed E-state index contributed by atoms with van der Waals surface area (Å²) >= 11 is 0. The second kappa shape index (κ2) is 12.2. The number of nitrogens with zero attached hydrogens (tertiary/aromatic N) is 1. The van der Waals surface area contributed by atoms with Crippen LogP contribution >= 0.6 is 0 Å². The fraction of sp³-hybridized carbons (Fsp3) is 0.452. The molecule has 3 rings (SSSR count). The van der Waals surface area contributed by atoms with Gasteiger partial charge >= 0.3 is 12.1 Å². The van der Waals surface area contributed by atoms with Gasteiger partial charge in [0.1, 0.15) is 22.7 Å². The van der Waals surface area contributed by atoms with Crippen molar-refractivity contribution in [2.75, 3.05) is 13.7 Å². The van der Waals surface area contributed by atoms with Gasteiger partial charge in [0.05, 0.1) is 31.8 Å². The zero-order valence-corrected chi connectivity index (χ0v) is 26.8. The van der Waals surface area contributed by atoms with Crippen LogP contribution in [0.5, 0.6) is 11.5 Å². The third-order valence-electron chi connectivity index (χ3n) is 7.43. The molecule has 3 N–H and O–H groups in total. The van der Waals surface area contributed by atoms with E-state index < -0.39 is 32.1 Å². The van der Waals surface area contributed by atoms with E-state index in [0.29, 0.717) is 16.5 Å². The molecule has 0 unspecified atom stereocenters. The number of carboxylic acids is 1. The summed E-state index contributed by atoms with van der Waals surface area (Å²) in [6.07, 6.45) is -1.31. The number of aromatic amines is 1. The summed E-state index contributed by atoms with van der Waals surface area (Å²) in [6, 6.07) is 11.0. The van der Waals surface area contributed by atoms with Crippen molar-refractivity contribution < 1.29 is 33.7 Å². The number of aromatic hydroxyl groups is 1. The van der Waals surface area contributed by atoms with Crippen molar-refractivity contribution in [1.29, 1.82) is 0 Å². The number of hydrogen-bond acceptors (Lipinski definition) is 7. The Balaban J connectivity index is 2.20. The van der Waals surface area contributed by atoms with Gasteiger partial charge in [0, 0.05) is 17.0 Å². The van der Waals surface area contributed by atoms with Crippen LogP contribution in [0.15, 0.2) is 47.3 Å². The number of phenolic OH excluding ortho intramolecular Hbond substituents is 1. The van der Waals surface area contributed by atoms with E-state index in [0.717, 1.165) is 0 Å². The number of rotatable bonds is 9. The number of fused-ring (bicyclic) bond motifs is 1. The van der Waals surface area contributed by atoms with E-state index in [4.69, 9.17) is 13.9 Å². The molecule has 1 aromatic heterocycles. The van der Waals surface area contributed by atoms with Crippen LogP contribution in [-0.2, 0) is 15.7 Å². The first-order valence-electron chi connectivity index (χ1n) is 13.7. The number of benzene rings is 2. The Morgan fingerprint density at radius 2 is 1.69 bits per heavy atom. The molecule has 10 nitrogen and oxygen atoms in total. The second-order valence-electron chi connectivity index (χ2n) is 12.8. The number of amides is 1. The molecule has 228 valence electrons. The van der Waals surface area contributed by atoms with E-state index in [-0.39, 0.29) is 46.3 Å². The van der Waals surface area contributed by atoms with E-state index in [2.05, 4.69) is 38.8 Å². The fourth-order valence-electron chi connectivity index (χ4n) is 4.33. The summed E-state index contributed by atoms with van der Waals surface area (Å²) in [5.41, 5.74) is 0.226. The maximum atomic E-state index is 13.7. The number of carbonyl (C=O) groups excluding carboxylic acids is 1. The van der Waals surface area contributed by atoms with E-state index in [1.165, 1.54) is 30.2 Å². The number of aromatic carboxylic acids is 1. The Morgan fingerprint density at radius 3 is 2.26 bits per heavy atom. The van der Waals surface area contributed by atoms with Crippen molar-refractivity contribution in [2.45, 2.75) is 77.9 Å². The van der Waals surface area contributed by atoms with Crippen LogP contribution in [0, 0.1) is 0 Å². The number of aromatic nitrogens is 1. The smallest absolute Gasteiger partial charge is 0.410 e. The van der Waals surface area contributed by atoms with Crippen molar-refractivity contribution >= 4 is 31.3 Å². The third kappa shape index (κ3) is 7.51. The number of methoxy groups -OCH3 is 1. The Labute approximate surface area is 247 Å². The predicted molar refractivity (Wildman–Crippen MR) is 164 cm³/mol. The Hall–Kier alpha value is -3.83. The molecular weight excluding hydrogens is 556 g/mol. The van der Waals surface area contributed by atoms with Gasteiger partial charge in [0.15, 0.2) is 8.32 Å². The maximum Gasteiger partial charge on any atom is 0.410 e. The number of ether oxygens (including phenoxy) is 2. The van der Waals surface area contributed by atoms with Crippen molar-refractivity contribution in [2.24, 2.45) is 0 Å². The van der Waals surface area contributed by atoms with Crippen LogP contribution in [-0.4, -0.2) is 59.7 Å². The number of carboxylic acid groups (broad SMARTS) is 1. The molecule has 0 aliphatic carbocycles. The van der Waals surface area contributed by atoms with Gasteiger partial charge in [-0.25, -0.2) is 9.59 Å². The van der Waals surface area contributed by atoms with Gasteiger partial charge in [-0.15, -0.1) is 0 Å². The average Bonchev–Trinajstić information content (AvgIpc) is 2.86. The van der Waals surface area contributed by atoms with Crippen LogP contribution in [0.25, 0.3) is 10.9 Å². The molecule has 1 heterocycles. The number of carbonyl (C=O) groups is 2. The summed E-state index contributed by atoms with van der Waals surface area (Å²) in [4.78, 5) is 41.8. The summed E-state index contributed by atoms with van der Waals surface area (Å²) in [5, 5.41) is 20.6. The lowest BCUT2D eigenvalue weighted by atomic mass is 10.0. The van der Waals surface area contributed by atoms with E-state index >= 15 is 0 Å². The Kier molecular flexibility index (Phi) is 9.48. The Bertz CT molecular complexity index is 1520. The highest BCUT2D eigenvalue weighted by molar-refractivity contribution is 6.74. The molecule has 1 atom stereocenters. The van der Waals surface area contributed by atoms with Crippen molar-refractivity contribution in [3.8, 4) is 11.5 Å². The normalized spacial score (nSPS) is 13.1. The minimum absolute atomic E-state index is 0.0244. The number of H-pyrrole nitrogens is 1. The lowest BCUT2D eigenvalue weighted by Crippen LogP contribution is -2.45. The van der Waals surface area contributed by atoms with Crippen LogP contribution in [0.3, 0.4) is 0 Å². The zero-order chi connectivity index (χ0) is 31.6. The molecule has 0 saturated heterocycles. The predicted octanol–water partition coefficient (Wildman–Crippen LogP) is 6.44. The molecule has 11 heteroatoms. The van der Waals surface area contributed by atoms with Gasteiger partial charge < -0.3 is 34.0 Å².